The molecule has 0 spiro atoms. The Hall–Kier alpha value is 2.07. The third-order valence-electron chi connectivity index (χ3n) is 2.62. The van der Waals surface area contributed by atoms with Crippen molar-refractivity contribution in [2.45, 2.75) is 53.3 Å². The van der Waals surface area contributed by atoms with Gasteiger partial charge in [0.1, 0.15) is 0 Å². The molecule has 0 aliphatic carbocycles. The number of halogens is 5. The summed E-state index contributed by atoms with van der Waals surface area (Å²) in [5.41, 5.74) is 0. The Balaban J connectivity index is -0.0000000696. The molecule has 0 unspecified atom stereocenters. The second-order valence-corrected chi connectivity index (χ2v) is 19.9. The molecule has 0 atom stereocenters. The molecule has 0 aliphatic heterocycles. The van der Waals surface area contributed by atoms with Crippen LogP contribution in [0.25, 0.3) is 0 Å². The van der Waals surface area contributed by atoms with Gasteiger partial charge in [-0.15, -0.1) is 6.58 Å². The minimum absolute atomic E-state index is 0. The number of hydrogen-bond donors (Lipinski definition) is 2. The first kappa shape index (κ1) is 45.6. The van der Waals surface area contributed by atoms with E-state index >= 15 is 0 Å². The average Bonchev–Trinajstić information content (AvgIpc) is 2.61. The topological polar surface area (TPSA) is 77.4 Å². The van der Waals surface area contributed by atoms with Gasteiger partial charge in [-0.25, -0.2) is 0 Å². The van der Waals surface area contributed by atoms with Crippen LogP contribution in [0.2, 0.25) is 19.1 Å². The van der Waals surface area contributed by atoms with Gasteiger partial charge in [-0.05, 0) is 53.3 Å². The van der Waals surface area contributed by atoms with Gasteiger partial charge in [0.05, 0.1) is 6.61 Å². The second-order valence-electron chi connectivity index (χ2n) is 4.91. The molecule has 0 aromatic carbocycles. The molecule has 0 aromatic heterocycles. The molecule has 6 nitrogen and oxygen atoms in total. The Bertz CT molecular complexity index is 290. The molecular formula is C16H40Cl5O6PtSi2-2. The van der Waals surface area contributed by atoms with Crippen molar-refractivity contribution in [2.24, 2.45) is 0 Å². The summed E-state index contributed by atoms with van der Waals surface area (Å²) in [6, 6.07) is 0.880. The van der Waals surface area contributed by atoms with Crippen molar-refractivity contribution in [2.75, 3.05) is 39.6 Å². The van der Waals surface area contributed by atoms with Crippen LogP contribution in [0.4, 0.5) is 0 Å². The minimum atomic E-state index is -1.93. The van der Waals surface area contributed by atoms with Crippen molar-refractivity contribution in [1.29, 1.82) is 0 Å². The molecule has 0 radical (unpaired) electrons. The molecule has 195 valence electrons. The summed E-state index contributed by atoms with van der Waals surface area (Å²) in [7, 11) is 11.8. The molecule has 0 aliphatic rings. The maximum absolute atomic E-state index is 8.68. The van der Waals surface area contributed by atoms with Gasteiger partial charge in [0.15, 0.2) is 0 Å². The zero-order valence-corrected chi connectivity index (χ0v) is 27.0. The van der Waals surface area contributed by atoms with E-state index in [0.29, 0.717) is 13.2 Å². The molecule has 0 saturated heterocycles. The molecule has 30 heavy (non-hydrogen) atoms. The van der Waals surface area contributed by atoms with Crippen LogP contribution in [0.3, 0.4) is 0 Å². The van der Waals surface area contributed by atoms with Crippen molar-refractivity contribution in [1.82, 2.24) is 0 Å². The first-order valence-corrected chi connectivity index (χ1v) is 22.2. The molecule has 0 rings (SSSR count). The molecular weight excluding hydrogens is 717 g/mol. The first-order valence-electron chi connectivity index (χ1n) is 9.10. The van der Waals surface area contributed by atoms with Crippen molar-refractivity contribution in [3.63, 3.8) is 0 Å². The fourth-order valence-electron chi connectivity index (χ4n) is 1.71. The zero-order valence-electron chi connectivity index (χ0n) is 18.8. The molecule has 14 heteroatoms. The maximum atomic E-state index is 8.68. The van der Waals surface area contributed by atoms with Crippen molar-refractivity contribution >= 4 is 46.1 Å². The van der Waals surface area contributed by atoms with E-state index in [9.17, 15) is 0 Å². The molecule has 0 saturated carbocycles. The summed E-state index contributed by atoms with van der Waals surface area (Å²) in [5, 5.41) is 16.4. The average molecular weight is 757 g/mol. The van der Waals surface area contributed by atoms with Gasteiger partial charge in [0.25, 0.3) is 0 Å². The summed E-state index contributed by atoms with van der Waals surface area (Å²) in [4.78, 5) is 0. The molecule has 2 N–H and O–H groups in total. The van der Waals surface area contributed by atoms with Crippen molar-refractivity contribution < 1.29 is 66.9 Å². The Kier molecular flexibility index (Phi) is 58.2. The number of rotatable bonds is 12. The zero-order chi connectivity index (χ0) is 22.8. The molecule has 0 aromatic rings. The monoisotopic (exact) mass is 754 g/mol. The number of aliphatic hydroxyl groups is 2. The molecule has 0 fully saturated rings. The third kappa shape index (κ3) is 52.2. The number of hydrogen-bond acceptors (Lipinski definition) is 6. The first-order chi connectivity index (χ1) is 13.1. The van der Waals surface area contributed by atoms with Gasteiger partial charge in [-0.3, -0.25) is 0 Å². The van der Waals surface area contributed by atoms with Crippen molar-refractivity contribution in [3.05, 3.63) is 12.7 Å². The van der Waals surface area contributed by atoms with E-state index in [4.69, 9.17) is 56.2 Å². The predicted molar refractivity (Wildman–Crippen MR) is 122 cm³/mol. The van der Waals surface area contributed by atoms with Gasteiger partial charge < -0.3 is 52.7 Å². The standard InChI is InChI=1S/C8H20O3Si.C5H14O2Si.C3H6O.5ClH.Pt/c1-4-10-12(3,11-5-2)8-6-7-9;1-4-6-8(3)7-5-2;1-2-3-4;;;;;;/h9H,4-8H2,1-3H3;8H,4-5H2,1-3H3;2,4H,1,3H2;5*1H;/q;;;;;;;;+3/p-5. The Labute approximate surface area is 217 Å². The van der Waals surface area contributed by atoms with E-state index in [1.54, 1.807) is 0 Å². The van der Waals surface area contributed by atoms with E-state index < -0.39 is 32.0 Å². The van der Waals surface area contributed by atoms with Crippen LogP contribution in [0.1, 0.15) is 34.1 Å². The van der Waals surface area contributed by atoms with E-state index in [2.05, 4.69) is 13.1 Å². The van der Waals surface area contributed by atoms with Crippen LogP contribution >= 0.6 is 28.3 Å². The van der Waals surface area contributed by atoms with Crippen LogP contribution in [0, 0.1) is 0 Å². The third-order valence-corrected chi connectivity index (χ3v) is 7.29. The predicted octanol–water partition coefficient (Wildman–Crippen LogP) is -1.34. The van der Waals surface area contributed by atoms with Gasteiger partial charge in [0.2, 0.25) is 0 Å². The van der Waals surface area contributed by atoms with Crippen LogP contribution in [0.5, 0.6) is 0 Å². The Morgan fingerprint density at radius 2 is 1.27 bits per heavy atom. The van der Waals surface area contributed by atoms with E-state index in [1.807, 2.05) is 34.2 Å². The van der Waals surface area contributed by atoms with Crippen LogP contribution in [-0.2, 0) is 31.9 Å². The van der Waals surface area contributed by atoms with Crippen LogP contribution in [0.15, 0.2) is 12.7 Å². The van der Waals surface area contributed by atoms with E-state index in [-0.39, 0.29) is 38.0 Å². The fraction of sp³-hybridized carbons (Fsp3) is 0.875. The van der Waals surface area contributed by atoms with Crippen molar-refractivity contribution in [3.8, 4) is 0 Å². The molecule has 0 bridgehead atoms. The quantitative estimate of drug-likeness (QED) is 0.190. The Morgan fingerprint density at radius 3 is 1.47 bits per heavy atom. The summed E-state index contributed by atoms with van der Waals surface area (Å²) < 4.78 is 21.6. The Morgan fingerprint density at radius 1 is 0.933 bits per heavy atom. The van der Waals surface area contributed by atoms with Gasteiger partial charge >= 0.3 is 60.3 Å². The van der Waals surface area contributed by atoms with Gasteiger partial charge in [0, 0.05) is 33.0 Å². The van der Waals surface area contributed by atoms with Crippen LogP contribution < -0.4 is 24.8 Å². The molecule has 0 heterocycles. The van der Waals surface area contributed by atoms with Gasteiger partial charge in [-0.1, -0.05) is 6.08 Å². The van der Waals surface area contributed by atoms with Crippen LogP contribution in [-0.4, -0.2) is 67.7 Å². The van der Waals surface area contributed by atoms with E-state index in [0.717, 1.165) is 25.7 Å². The second kappa shape index (κ2) is 38.3. The van der Waals surface area contributed by atoms with E-state index in [1.165, 1.54) is 6.08 Å². The summed E-state index contributed by atoms with van der Waals surface area (Å²) >= 11 is -1.85. The fourth-order valence-corrected chi connectivity index (χ4v) is 5.14. The number of aliphatic hydroxyl groups excluding tert-OH is 2. The summed E-state index contributed by atoms with van der Waals surface area (Å²) in [6.45, 7) is 18.5. The normalized spacial score (nSPS) is 9.93. The molecule has 0 amide bonds. The van der Waals surface area contributed by atoms with Gasteiger partial charge in [-0.2, -0.15) is 0 Å². The SMILES string of the molecule is C=CCO.CCO[SiH](C)OCC.CCO[Si](C)(CCCO)OCC.[Cl-].[Cl-].[Cl][Pt]([Cl])[Cl]. The summed E-state index contributed by atoms with van der Waals surface area (Å²) in [6.07, 6.45) is 2.21. The summed E-state index contributed by atoms with van der Waals surface area (Å²) in [5.74, 6) is 0.